The Morgan fingerprint density at radius 2 is 1.63 bits per heavy atom. The van der Waals surface area contributed by atoms with Gasteiger partial charge in [0.05, 0.1) is 19.8 Å². The van der Waals surface area contributed by atoms with Crippen LogP contribution < -0.4 is 5.32 Å². The van der Waals surface area contributed by atoms with Gasteiger partial charge in [-0.25, -0.2) is 0 Å². The number of carbonyl (C=O) groups is 2. The van der Waals surface area contributed by atoms with Crippen LogP contribution in [0.1, 0.15) is 73.0 Å². The second-order valence-electron chi connectivity index (χ2n) is 11.8. The third-order valence-corrected chi connectivity index (χ3v) is 11.5. The molecule has 0 aliphatic heterocycles. The molecule has 2 aromatic carbocycles. The Morgan fingerprint density at radius 1 is 0.884 bits per heavy atom. The van der Waals surface area contributed by atoms with Crippen LogP contribution in [0.15, 0.2) is 60.9 Å². The maximum atomic E-state index is 14.3. The molecule has 2 aliphatic rings. The number of benzene rings is 2. The molecule has 0 bridgehead atoms. The number of halogens is 3. The van der Waals surface area contributed by atoms with Crippen LogP contribution >= 0.6 is 46.1 Å². The molecule has 224 valence electrons. The molecule has 0 spiro atoms. The lowest BCUT2D eigenvalue weighted by molar-refractivity contribution is -0.123. The second-order valence-corrected chi connectivity index (χ2v) is 14.0. The van der Waals surface area contributed by atoms with Gasteiger partial charge in [-0.2, -0.15) is 0 Å². The van der Waals surface area contributed by atoms with Crippen LogP contribution in [-0.2, 0) is 11.3 Å². The zero-order valence-electron chi connectivity index (χ0n) is 23.8. The van der Waals surface area contributed by atoms with Crippen molar-refractivity contribution in [2.75, 3.05) is 0 Å². The summed E-state index contributed by atoms with van der Waals surface area (Å²) >= 11 is 20.9. The third-order valence-electron chi connectivity index (χ3n) is 8.89. The highest BCUT2D eigenvalue weighted by atomic mass is 35.5. The summed E-state index contributed by atoms with van der Waals surface area (Å²) in [6, 6.07) is 15.9. The smallest absolute Gasteiger partial charge is 0.266 e. The molecule has 43 heavy (non-hydrogen) atoms. The first-order chi connectivity index (χ1) is 20.9. The zero-order chi connectivity index (χ0) is 29.9. The Morgan fingerprint density at radius 3 is 2.37 bits per heavy atom. The minimum atomic E-state index is -0.110. The average molecular weight is 655 g/mol. The van der Waals surface area contributed by atoms with Gasteiger partial charge in [0.25, 0.3) is 5.91 Å². The molecular weight excluding hydrogens is 621 g/mol. The van der Waals surface area contributed by atoms with Gasteiger partial charge in [-0.05, 0) is 85.4 Å². The normalized spacial score (nSPS) is 19.0. The van der Waals surface area contributed by atoms with Crippen LogP contribution in [-0.4, -0.2) is 33.8 Å². The van der Waals surface area contributed by atoms with Gasteiger partial charge in [-0.15, -0.1) is 11.3 Å². The van der Waals surface area contributed by atoms with Crippen LogP contribution in [0.2, 0.25) is 15.1 Å². The van der Waals surface area contributed by atoms with Crippen molar-refractivity contribution in [3.05, 3.63) is 86.4 Å². The van der Waals surface area contributed by atoms with E-state index in [0.29, 0.717) is 38.8 Å². The van der Waals surface area contributed by atoms with Crippen molar-refractivity contribution in [3.8, 4) is 11.1 Å². The maximum absolute atomic E-state index is 14.3. The number of hydrogen-bond acceptors (Lipinski definition) is 4. The predicted octanol–water partition coefficient (Wildman–Crippen LogP) is 9.57. The number of carbonyl (C=O) groups excluding carboxylic acids is 2. The summed E-state index contributed by atoms with van der Waals surface area (Å²) in [7, 11) is 0. The lowest BCUT2D eigenvalue weighted by Gasteiger charge is -2.37. The van der Waals surface area contributed by atoms with Gasteiger partial charge in [0.2, 0.25) is 5.91 Å². The summed E-state index contributed by atoms with van der Waals surface area (Å²) in [6.45, 7) is 0.445. The summed E-state index contributed by atoms with van der Waals surface area (Å²) in [6.07, 6.45) is 12.3. The molecule has 0 atom stereocenters. The van der Waals surface area contributed by atoms with Crippen molar-refractivity contribution in [1.29, 1.82) is 0 Å². The number of rotatable bonds is 8. The molecular formula is C34H34Cl3N3O2S. The average Bonchev–Trinajstić information content (AvgIpc) is 3.66. The van der Waals surface area contributed by atoms with Gasteiger partial charge in [0, 0.05) is 42.8 Å². The Labute approximate surface area is 271 Å². The van der Waals surface area contributed by atoms with Gasteiger partial charge in [-0.3, -0.25) is 14.6 Å². The van der Waals surface area contributed by atoms with E-state index in [9.17, 15) is 9.59 Å². The van der Waals surface area contributed by atoms with E-state index >= 15 is 0 Å². The number of thiophene rings is 1. The minimum Gasteiger partial charge on any atom is -0.353 e. The first-order valence-electron chi connectivity index (χ1n) is 15.0. The van der Waals surface area contributed by atoms with Gasteiger partial charge >= 0.3 is 0 Å². The standard InChI is InChI=1S/C34H34Cl3N3O2S/c35-28-13-12-27-30(36)33(43-32(27)31(28)37)34(42)40(20-22-6-3-7-24(18-22)23-14-16-38-17-15-23)26-10-8-25(9-11-26)39-29(41)19-21-4-1-2-5-21/h3,6-7,12-18,21,25-26H,1-2,4-5,8-11,19-20H2,(H,39,41). The van der Waals surface area contributed by atoms with Gasteiger partial charge in [0.1, 0.15) is 4.88 Å². The molecule has 2 heterocycles. The number of nitrogens with one attached hydrogen (secondary N) is 1. The molecule has 6 rings (SSSR count). The molecule has 0 saturated heterocycles. The lowest BCUT2D eigenvalue weighted by Crippen LogP contribution is -2.46. The van der Waals surface area contributed by atoms with E-state index in [1.165, 1.54) is 24.2 Å². The largest absolute Gasteiger partial charge is 0.353 e. The van der Waals surface area contributed by atoms with E-state index < -0.39 is 0 Å². The fourth-order valence-corrected chi connectivity index (χ4v) is 8.59. The Balaban J connectivity index is 1.24. The van der Waals surface area contributed by atoms with Crippen LogP contribution in [0, 0.1) is 5.92 Å². The number of fused-ring (bicyclic) bond motifs is 1. The molecule has 0 radical (unpaired) electrons. The minimum absolute atomic E-state index is 0.0143. The summed E-state index contributed by atoms with van der Waals surface area (Å²) in [5, 5.41) is 5.28. The van der Waals surface area contributed by atoms with E-state index in [0.717, 1.165) is 65.3 Å². The highest BCUT2D eigenvalue weighted by Crippen LogP contribution is 2.43. The molecule has 2 fully saturated rings. The summed E-state index contributed by atoms with van der Waals surface area (Å²) in [5.41, 5.74) is 3.18. The Bertz CT molecular complexity index is 1610. The molecule has 4 aromatic rings. The van der Waals surface area contributed by atoms with Crippen molar-refractivity contribution in [2.45, 2.75) is 76.4 Å². The monoisotopic (exact) mass is 653 g/mol. The van der Waals surface area contributed by atoms with E-state index in [1.807, 2.05) is 29.2 Å². The highest BCUT2D eigenvalue weighted by molar-refractivity contribution is 7.22. The first kappa shape index (κ1) is 30.4. The van der Waals surface area contributed by atoms with Crippen molar-refractivity contribution in [2.24, 2.45) is 5.92 Å². The van der Waals surface area contributed by atoms with E-state index in [4.69, 9.17) is 34.8 Å². The molecule has 2 saturated carbocycles. The van der Waals surface area contributed by atoms with Gasteiger partial charge in [-0.1, -0.05) is 71.9 Å². The van der Waals surface area contributed by atoms with Crippen molar-refractivity contribution in [1.82, 2.24) is 15.2 Å². The number of nitrogens with zero attached hydrogens (tertiary/aromatic N) is 2. The van der Waals surface area contributed by atoms with E-state index in [-0.39, 0.29) is 23.9 Å². The highest BCUT2D eigenvalue weighted by Gasteiger charge is 2.33. The second kappa shape index (κ2) is 13.6. The maximum Gasteiger partial charge on any atom is 0.266 e. The number of aromatic nitrogens is 1. The molecule has 9 heteroatoms. The molecule has 1 N–H and O–H groups in total. The Hall–Kier alpha value is -2.64. The van der Waals surface area contributed by atoms with E-state index in [1.54, 1.807) is 18.5 Å². The van der Waals surface area contributed by atoms with Crippen molar-refractivity contribution < 1.29 is 9.59 Å². The number of hydrogen-bond donors (Lipinski definition) is 1. The SMILES string of the molecule is O=C(CC1CCCC1)NC1CCC(N(Cc2cccc(-c3ccncc3)c2)C(=O)c2sc3c(Cl)c(Cl)ccc3c2Cl)CC1. The third kappa shape index (κ3) is 6.88. The molecule has 2 amide bonds. The number of amides is 2. The van der Waals surface area contributed by atoms with Crippen LogP contribution in [0.5, 0.6) is 0 Å². The van der Waals surface area contributed by atoms with Crippen molar-refractivity contribution in [3.63, 3.8) is 0 Å². The van der Waals surface area contributed by atoms with Crippen LogP contribution in [0.25, 0.3) is 21.2 Å². The fraction of sp³-hybridized carbons (Fsp3) is 0.382. The van der Waals surface area contributed by atoms with Crippen LogP contribution in [0.3, 0.4) is 0 Å². The molecule has 0 unspecified atom stereocenters. The quantitative estimate of drug-likeness (QED) is 0.206. The Kier molecular flexibility index (Phi) is 9.58. The first-order valence-corrected chi connectivity index (χ1v) is 17.0. The molecule has 2 aliphatic carbocycles. The zero-order valence-corrected chi connectivity index (χ0v) is 26.9. The summed E-state index contributed by atoms with van der Waals surface area (Å²) in [5.74, 6) is 0.590. The molecule has 2 aromatic heterocycles. The summed E-state index contributed by atoms with van der Waals surface area (Å²) < 4.78 is 0.718. The number of pyridine rings is 1. The van der Waals surface area contributed by atoms with Gasteiger partial charge in [0.15, 0.2) is 0 Å². The van der Waals surface area contributed by atoms with Gasteiger partial charge < -0.3 is 10.2 Å². The molecule has 5 nitrogen and oxygen atoms in total. The predicted molar refractivity (Wildman–Crippen MR) is 177 cm³/mol. The fourth-order valence-electron chi connectivity index (χ4n) is 6.59. The lowest BCUT2D eigenvalue weighted by atomic mass is 9.89. The summed E-state index contributed by atoms with van der Waals surface area (Å²) in [4.78, 5) is 33.6. The topological polar surface area (TPSA) is 62.3 Å². The van der Waals surface area contributed by atoms with Crippen molar-refractivity contribution >= 4 is 68.0 Å². The van der Waals surface area contributed by atoms with Crippen LogP contribution in [0.4, 0.5) is 0 Å². The van der Waals surface area contributed by atoms with E-state index in [2.05, 4.69) is 28.5 Å².